The van der Waals surface area contributed by atoms with Crippen LogP contribution < -0.4 is 10.6 Å². The first-order valence-corrected chi connectivity index (χ1v) is 8.79. The summed E-state index contributed by atoms with van der Waals surface area (Å²) in [4.78, 5) is 12.1. The van der Waals surface area contributed by atoms with Crippen LogP contribution in [0.5, 0.6) is 5.75 Å². The summed E-state index contributed by atoms with van der Waals surface area (Å²) in [7, 11) is 0. The fourth-order valence-corrected chi connectivity index (χ4v) is 3.26. The first-order chi connectivity index (χ1) is 10.9. The van der Waals surface area contributed by atoms with Gasteiger partial charge in [-0.3, -0.25) is 10.1 Å². The minimum Gasteiger partial charge on any atom is -0.506 e. The van der Waals surface area contributed by atoms with Gasteiger partial charge in [-0.05, 0) is 80.3 Å². The lowest BCUT2D eigenvalue weighted by atomic mass is 10.1. The summed E-state index contributed by atoms with van der Waals surface area (Å²) in [5.41, 5.74) is 2.34. The predicted molar refractivity (Wildman–Crippen MR) is 103 cm³/mol. The number of phenolic OH excluding ortho intramolecular Hbond substituents is 1. The summed E-state index contributed by atoms with van der Waals surface area (Å²) >= 11 is 11.6. The topological polar surface area (TPSA) is 61.4 Å². The second-order valence-corrected chi connectivity index (χ2v) is 6.86. The van der Waals surface area contributed by atoms with Crippen LogP contribution in [-0.4, -0.2) is 16.1 Å². The van der Waals surface area contributed by atoms with Crippen LogP contribution in [0, 0.1) is 0 Å². The number of halogens is 2. The highest BCUT2D eigenvalue weighted by atomic mass is 79.9. The molecule has 120 valence electrons. The first-order valence-electron chi connectivity index (χ1n) is 6.80. The SMILES string of the molecule is CCc1ccc(C(=O)NC(=S)Nc2cc(Br)c(O)c(Br)c2)cc1. The summed E-state index contributed by atoms with van der Waals surface area (Å²) in [6, 6.07) is 10.7. The third-order valence-corrected chi connectivity index (χ3v) is 4.54. The number of hydrogen-bond donors (Lipinski definition) is 3. The number of anilines is 1. The number of hydrogen-bond acceptors (Lipinski definition) is 3. The average Bonchev–Trinajstić information content (AvgIpc) is 2.52. The first kappa shape index (κ1) is 17.9. The standard InChI is InChI=1S/C16H14Br2N2O2S/c1-2-9-3-5-10(6-4-9)15(22)20-16(23)19-11-7-12(17)14(21)13(18)8-11/h3-8,21H,2H2,1H3,(H2,19,20,22,23). The molecule has 0 bridgehead atoms. The van der Waals surface area contributed by atoms with Crippen LogP contribution in [-0.2, 0) is 6.42 Å². The molecule has 2 aromatic rings. The van der Waals surface area contributed by atoms with Gasteiger partial charge in [0.1, 0.15) is 5.75 Å². The number of aromatic hydroxyl groups is 1. The molecule has 0 fully saturated rings. The van der Waals surface area contributed by atoms with Gasteiger partial charge in [0.05, 0.1) is 8.95 Å². The quantitative estimate of drug-likeness (QED) is 0.465. The minimum absolute atomic E-state index is 0.0986. The van der Waals surface area contributed by atoms with E-state index in [0.717, 1.165) is 6.42 Å². The molecular weight excluding hydrogens is 444 g/mol. The van der Waals surface area contributed by atoms with Crippen molar-refractivity contribution in [2.45, 2.75) is 13.3 Å². The predicted octanol–water partition coefficient (Wildman–Crippen LogP) is 4.61. The Morgan fingerprint density at radius 1 is 1.17 bits per heavy atom. The second-order valence-electron chi connectivity index (χ2n) is 4.75. The van der Waals surface area contributed by atoms with Crippen molar-refractivity contribution in [2.75, 3.05) is 5.32 Å². The molecule has 0 spiro atoms. The molecule has 0 aliphatic heterocycles. The zero-order valence-electron chi connectivity index (χ0n) is 12.2. The highest BCUT2D eigenvalue weighted by Crippen LogP contribution is 2.35. The normalized spacial score (nSPS) is 10.2. The number of thiocarbonyl (C=S) groups is 1. The molecule has 0 atom stereocenters. The molecule has 0 heterocycles. The van der Waals surface area contributed by atoms with Crippen LogP contribution in [0.4, 0.5) is 5.69 Å². The van der Waals surface area contributed by atoms with Crippen molar-refractivity contribution < 1.29 is 9.90 Å². The Kier molecular flexibility index (Phi) is 6.15. The third-order valence-electron chi connectivity index (χ3n) is 3.13. The number of carbonyl (C=O) groups excluding carboxylic acids is 1. The Hall–Kier alpha value is -1.44. The highest BCUT2D eigenvalue weighted by molar-refractivity contribution is 9.11. The molecule has 0 aliphatic rings. The number of carbonyl (C=O) groups is 1. The zero-order valence-corrected chi connectivity index (χ0v) is 16.2. The van der Waals surface area contributed by atoms with Gasteiger partial charge in [-0.25, -0.2) is 0 Å². The summed E-state index contributed by atoms with van der Waals surface area (Å²) in [6.45, 7) is 2.06. The molecule has 0 aromatic heterocycles. The van der Waals surface area contributed by atoms with E-state index in [1.54, 1.807) is 24.3 Å². The van der Waals surface area contributed by atoms with Crippen LogP contribution in [0.1, 0.15) is 22.8 Å². The van der Waals surface area contributed by atoms with Gasteiger partial charge in [-0.1, -0.05) is 19.1 Å². The molecule has 0 aliphatic carbocycles. The van der Waals surface area contributed by atoms with Crippen molar-refractivity contribution in [2.24, 2.45) is 0 Å². The Morgan fingerprint density at radius 3 is 2.26 bits per heavy atom. The van der Waals surface area contributed by atoms with Crippen molar-refractivity contribution in [3.8, 4) is 5.75 Å². The lowest BCUT2D eigenvalue weighted by Gasteiger charge is -2.11. The van der Waals surface area contributed by atoms with Crippen molar-refractivity contribution in [1.82, 2.24) is 5.32 Å². The smallest absolute Gasteiger partial charge is 0.257 e. The van der Waals surface area contributed by atoms with E-state index in [9.17, 15) is 9.90 Å². The van der Waals surface area contributed by atoms with Gasteiger partial charge in [0, 0.05) is 11.3 Å². The van der Waals surface area contributed by atoms with Gasteiger partial charge in [0.25, 0.3) is 5.91 Å². The monoisotopic (exact) mass is 456 g/mol. The number of aryl methyl sites for hydroxylation is 1. The number of rotatable bonds is 3. The number of amides is 1. The molecule has 3 N–H and O–H groups in total. The van der Waals surface area contributed by atoms with E-state index < -0.39 is 0 Å². The molecule has 0 saturated heterocycles. The zero-order chi connectivity index (χ0) is 17.0. The molecule has 1 amide bonds. The van der Waals surface area contributed by atoms with E-state index in [1.165, 1.54) is 5.56 Å². The van der Waals surface area contributed by atoms with Crippen LogP contribution in [0.2, 0.25) is 0 Å². The average molecular weight is 458 g/mol. The van der Waals surface area contributed by atoms with Gasteiger partial charge in [0.15, 0.2) is 5.11 Å². The van der Waals surface area contributed by atoms with Gasteiger partial charge in [-0.2, -0.15) is 0 Å². The van der Waals surface area contributed by atoms with Crippen LogP contribution in [0.25, 0.3) is 0 Å². The van der Waals surface area contributed by atoms with Crippen molar-refractivity contribution in [3.05, 3.63) is 56.5 Å². The fraction of sp³-hybridized carbons (Fsp3) is 0.125. The molecule has 4 nitrogen and oxygen atoms in total. The fourth-order valence-electron chi connectivity index (χ4n) is 1.87. The highest BCUT2D eigenvalue weighted by Gasteiger charge is 2.10. The summed E-state index contributed by atoms with van der Waals surface area (Å²) < 4.78 is 1.03. The summed E-state index contributed by atoms with van der Waals surface area (Å²) in [6.07, 6.45) is 0.923. The lowest BCUT2D eigenvalue weighted by Crippen LogP contribution is -2.34. The number of nitrogens with one attached hydrogen (secondary N) is 2. The van der Waals surface area contributed by atoms with E-state index >= 15 is 0 Å². The molecule has 23 heavy (non-hydrogen) atoms. The van der Waals surface area contributed by atoms with Crippen molar-refractivity contribution >= 4 is 60.8 Å². The van der Waals surface area contributed by atoms with E-state index in [4.69, 9.17) is 12.2 Å². The molecule has 2 aromatic carbocycles. The van der Waals surface area contributed by atoms with E-state index in [1.807, 2.05) is 12.1 Å². The van der Waals surface area contributed by atoms with Crippen LogP contribution in [0.3, 0.4) is 0 Å². The summed E-state index contributed by atoms with van der Waals surface area (Å²) in [5.74, 6) is -0.177. The summed E-state index contributed by atoms with van der Waals surface area (Å²) in [5, 5.41) is 15.4. The van der Waals surface area contributed by atoms with Gasteiger partial charge >= 0.3 is 0 Å². The molecule has 0 saturated carbocycles. The Balaban J connectivity index is 2.02. The Morgan fingerprint density at radius 2 is 1.74 bits per heavy atom. The van der Waals surface area contributed by atoms with Gasteiger partial charge in [-0.15, -0.1) is 0 Å². The maximum atomic E-state index is 12.1. The lowest BCUT2D eigenvalue weighted by molar-refractivity contribution is 0.0977. The molecule has 7 heteroatoms. The Bertz CT molecular complexity index is 725. The van der Waals surface area contributed by atoms with Crippen molar-refractivity contribution in [1.29, 1.82) is 0 Å². The molecule has 0 unspecified atom stereocenters. The molecular formula is C16H14Br2N2O2S. The second kappa shape index (κ2) is 7.90. The van der Waals surface area contributed by atoms with Crippen LogP contribution in [0.15, 0.2) is 45.3 Å². The van der Waals surface area contributed by atoms with E-state index in [2.05, 4.69) is 49.4 Å². The van der Waals surface area contributed by atoms with Crippen LogP contribution >= 0.6 is 44.1 Å². The Labute approximate surface area is 156 Å². The third kappa shape index (κ3) is 4.76. The van der Waals surface area contributed by atoms with Gasteiger partial charge in [0.2, 0.25) is 0 Å². The van der Waals surface area contributed by atoms with E-state index in [-0.39, 0.29) is 16.8 Å². The maximum absolute atomic E-state index is 12.1. The molecule has 0 radical (unpaired) electrons. The maximum Gasteiger partial charge on any atom is 0.257 e. The number of phenols is 1. The van der Waals surface area contributed by atoms with Gasteiger partial charge < -0.3 is 10.4 Å². The van der Waals surface area contributed by atoms with Crippen molar-refractivity contribution in [3.63, 3.8) is 0 Å². The van der Waals surface area contributed by atoms with E-state index in [0.29, 0.717) is 20.2 Å². The largest absolute Gasteiger partial charge is 0.506 e. The molecule has 2 rings (SSSR count). The minimum atomic E-state index is -0.276. The number of benzene rings is 2.